The first kappa shape index (κ1) is 16.0. The van der Waals surface area contributed by atoms with Gasteiger partial charge in [0.15, 0.2) is 0 Å². The molecule has 0 atom stereocenters. The van der Waals surface area contributed by atoms with Gasteiger partial charge in [0, 0.05) is 28.9 Å². The number of halogens is 1. The van der Waals surface area contributed by atoms with Gasteiger partial charge in [0.25, 0.3) is 5.91 Å². The van der Waals surface area contributed by atoms with Crippen molar-refractivity contribution in [3.63, 3.8) is 0 Å². The second-order valence-electron chi connectivity index (χ2n) is 5.50. The number of fused-ring (bicyclic) bond motifs is 1. The average Bonchev–Trinajstić information content (AvgIpc) is 3.03. The Labute approximate surface area is 144 Å². The van der Waals surface area contributed by atoms with E-state index < -0.39 is 0 Å². The Bertz CT molecular complexity index is 853. The van der Waals surface area contributed by atoms with Crippen molar-refractivity contribution in [2.45, 2.75) is 26.8 Å². The molecule has 0 radical (unpaired) electrons. The topological polar surface area (TPSA) is 46.9 Å². The van der Waals surface area contributed by atoms with Crippen molar-refractivity contribution in [3.8, 4) is 0 Å². The van der Waals surface area contributed by atoms with E-state index >= 15 is 0 Å². The zero-order valence-electron chi connectivity index (χ0n) is 13.1. The molecule has 1 amide bonds. The fraction of sp³-hybridized carbons (Fsp3) is 0.294. The van der Waals surface area contributed by atoms with E-state index in [1.165, 1.54) is 11.3 Å². The summed E-state index contributed by atoms with van der Waals surface area (Å²) in [6.45, 7) is 5.41. The van der Waals surface area contributed by atoms with Crippen LogP contribution >= 0.6 is 22.9 Å². The van der Waals surface area contributed by atoms with Gasteiger partial charge in [-0.3, -0.25) is 9.48 Å². The molecule has 0 aliphatic rings. The molecule has 0 aliphatic carbocycles. The normalized spacial score (nSPS) is 11.1. The SMILES string of the molecule is Cc1cc(C)n(CCCNC(=O)c2sc3ccccc3c2Cl)n1. The minimum Gasteiger partial charge on any atom is -0.351 e. The summed E-state index contributed by atoms with van der Waals surface area (Å²) in [5.74, 6) is -0.107. The van der Waals surface area contributed by atoms with Gasteiger partial charge in [-0.15, -0.1) is 11.3 Å². The highest BCUT2D eigenvalue weighted by molar-refractivity contribution is 7.21. The van der Waals surface area contributed by atoms with Gasteiger partial charge in [-0.2, -0.15) is 5.10 Å². The van der Waals surface area contributed by atoms with Gasteiger partial charge >= 0.3 is 0 Å². The van der Waals surface area contributed by atoms with Crippen molar-refractivity contribution >= 4 is 38.9 Å². The van der Waals surface area contributed by atoms with Crippen molar-refractivity contribution in [2.24, 2.45) is 0 Å². The zero-order chi connectivity index (χ0) is 16.4. The van der Waals surface area contributed by atoms with E-state index in [0.29, 0.717) is 16.4 Å². The van der Waals surface area contributed by atoms with E-state index in [1.807, 2.05) is 42.8 Å². The molecule has 1 N–H and O–H groups in total. The predicted octanol–water partition coefficient (Wildman–Crippen LogP) is 4.19. The first-order valence-corrected chi connectivity index (χ1v) is 8.72. The Morgan fingerprint density at radius 3 is 2.83 bits per heavy atom. The van der Waals surface area contributed by atoms with Crippen molar-refractivity contribution in [3.05, 3.63) is 51.6 Å². The Hall–Kier alpha value is -1.85. The number of amides is 1. The van der Waals surface area contributed by atoms with Crippen LogP contribution in [-0.4, -0.2) is 22.2 Å². The van der Waals surface area contributed by atoms with Crippen molar-refractivity contribution < 1.29 is 4.79 Å². The van der Waals surface area contributed by atoms with Crippen LogP contribution in [0.1, 0.15) is 27.5 Å². The number of nitrogens with one attached hydrogen (secondary N) is 1. The molecule has 0 bridgehead atoms. The van der Waals surface area contributed by atoms with Crippen molar-refractivity contribution in [2.75, 3.05) is 6.54 Å². The van der Waals surface area contributed by atoms with E-state index in [-0.39, 0.29) is 5.91 Å². The van der Waals surface area contributed by atoms with Crippen LogP contribution in [0.25, 0.3) is 10.1 Å². The van der Waals surface area contributed by atoms with Gasteiger partial charge in [0.2, 0.25) is 0 Å². The van der Waals surface area contributed by atoms with Crippen LogP contribution < -0.4 is 5.32 Å². The second kappa shape index (κ2) is 6.72. The Balaban J connectivity index is 1.58. The van der Waals surface area contributed by atoms with E-state index in [2.05, 4.69) is 16.5 Å². The smallest absolute Gasteiger partial charge is 0.262 e. The lowest BCUT2D eigenvalue weighted by molar-refractivity contribution is 0.0957. The minimum atomic E-state index is -0.107. The third kappa shape index (κ3) is 3.41. The van der Waals surface area contributed by atoms with Crippen molar-refractivity contribution in [1.29, 1.82) is 0 Å². The predicted molar refractivity (Wildman–Crippen MR) is 95.5 cm³/mol. The Morgan fingerprint density at radius 2 is 2.13 bits per heavy atom. The lowest BCUT2D eigenvalue weighted by Crippen LogP contribution is -2.24. The van der Waals surface area contributed by atoms with Gasteiger partial charge in [0.1, 0.15) is 4.88 Å². The first-order chi connectivity index (χ1) is 11.1. The number of aromatic nitrogens is 2. The van der Waals surface area contributed by atoms with Crippen LogP contribution in [0.4, 0.5) is 0 Å². The summed E-state index contributed by atoms with van der Waals surface area (Å²) < 4.78 is 3.00. The number of hydrogen-bond donors (Lipinski definition) is 1. The maximum atomic E-state index is 12.3. The number of benzene rings is 1. The summed E-state index contributed by atoms with van der Waals surface area (Å²) in [6.07, 6.45) is 0.830. The molecule has 23 heavy (non-hydrogen) atoms. The number of hydrogen-bond acceptors (Lipinski definition) is 3. The molecular weight excluding hydrogens is 330 g/mol. The summed E-state index contributed by atoms with van der Waals surface area (Å²) in [6, 6.07) is 9.84. The lowest BCUT2D eigenvalue weighted by atomic mass is 10.2. The largest absolute Gasteiger partial charge is 0.351 e. The number of nitrogens with zero attached hydrogens (tertiary/aromatic N) is 2. The average molecular weight is 348 g/mol. The zero-order valence-corrected chi connectivity index (χ0v) is 14.7. The van der Waals surface area contributed by atoms with Gasteiger partial charge < -0.3 is 5.32 Å². The fourth-order valence-electron chi connectivity index (χ4n) is 2.57. The molecule has 0 saturated heterocycles. The molecule has 120 valence electrons. The van der Waals surface area contributed by atoms with Crippen LogP contribution in [0.3, 0.4) is 0 Å². The molecule has 0 saturated carbocycles. The molecule has 3 aromatic rings. The van der Waals surface area contributed by atoms with Crippen molar-refractivity contribution in [1.82, 2.24) is 15.1 Å². The molecule has 0 spiro atoms. The molecule has 3 rings (SSSR count). The monoisotopic (exact) mass is 347 g/mol. The summed E-state index contributed by atoms with van der Waals surface area (Å²) in [7, 11) is 0. The molecule has 2 aromatic heterocycles. The molecule has 0 fully saturated rings. The third-order valence-corrected chi connectivity index (χ3v) is 5.35. The fourth-order valence-corrected chi connectivity index (χ4v) is 4.01. The van der Waals surface area contributed by atoms with Crippen LogP contribution in [0.5, 0.6) is 0 Å². The maximum absolute atomic E-state index is 12.3. The second-order valence-corrected chi connectivity index (χ2v) is 6.93. The molecule has 1 aromatic carbocycles. The standard InChI is InChI=1S/C17H18ClN3OS/c1-11-10-12(2)21(20-11)9-5-8-19-17(22)16-15(18)13-6-3-4-7-14(13)23-16/h3-4,6-7,10H,5,8-9H2,1-2H3,(H,19,22). The van der Waals surface area contributed by atoms with Crippen LogP contribution in [0.2, 0.25) is 5.02 Å². The number of carbonyl (C=O) groups is 1. The highest BCUT2D eigenvalue weighted by Gasteiger charge is 2.16. The quantitative estimate of drug-likeness (QED) is 0.703. The summed E-state index contributed by atoms with van der Waals surface area (Å²) in [5, 5.41) is 8.84. The maximum Gasteiger partial charge on any atom is 0.262 e. The molecule has 4 nitrogen and oxygen atoms in total. The van der Waals surface area contributed by atoms with E-state index in [4.69, 9.17) is 11.6 Å². The number of thiophene rings is 1. The lowest BCUT2D eigenvalue weighted by Gasteiger charge is -2.06. The molecule has 0 aliphatic heterocycles. The highest BCUT2D eigenvalue weighted by Crippen LogP contribution is 2.34. The number of aryl methyl sites for hydroxylation is 3. The van der Waals surface area contributed by atoms with E-state index in [9.17, 15) is 4.79 Å². The van der Waals surface area contributed by atoms with E-state index in [0.717, 1.165) is 34.4 Å². The van der Waals surface area contributed by atoms with Crippen LogP contribution in [-0.2, 0) is 6.54 Å². The van der Waals surface area contributed by atoms with Crippen LogP contribution in [0, 0.1) is 13.8 Å². The number of carbonyl (C=O) groups excluding carboxylic acids is 1. The third-order valence-electron chi connectivity index (χ3n) is 3.68. The van der Waals surface area contributed by atoms with Gasteiger partial charge in [-0.1, -0.05) is 29.8 Å². The Kier molecular flexibility index (Phi) is 4.68. The summed E-state index contributed by atoms with van der Waals surface area (Å²) in [5.41, 5.74) is 2.16. The van der Waals surface area contributed by atoms with Gasteiger partial charge in [-0.25, -0.2) is 0 Å². The minimum absolute atomic E-state index is 0.107. The molecule has 0 unspecified atom stereocenters. The highest BCUT2D eigenvalue weighted by atomic mass is 35.5. The molecular formula is C17H18ClN3OS. The van der Waals surface area contributed by atoms with E-state index in [1.54, 1.807) is 0 Å². The first-order valence-electron chi connectivity index (χ1n) is 7.52. The summed E-state index contributed by atoms with van der Waals surface area (Å²) in [4.78, 5) is 12.9. The van der Waals surface area contributed by atoms with Gasteiger partial charge in [0.05, 0.1) is 10.7 Å². The van der Waals surface area contributed by atoms with Crippen LogP contribution in [0.15, 0.2) is 30.3 Å². The summed E-state index contributed by atoms with van der Waals surface area (Å²) >= 11 is 7.75. The number of rotatable bonds is 5. The molecule has 6 heteroatoms. The molecule has 2 heterocycles. The Morgan fingerprint density at radius 1 is 1.35 bits per heavy atom. The van der Waals surface area contributed by atoms with Gasteiger partial charge in [-0.05, 0) is 32.4 Å².